The van der Waals surface area contributed by atoms with E-state index in [2.05, 4.69) is 5.32 Å². The molecule has 0 aliphatic rings. The van der Waals surface area contributed by atoms with Crippen LogP contribution in [0.2, 0.25) is 0 Å². The second kappa shape index (κ2) is 5.17. The first kappa shape index (κ1) is 13.5. The number of carbonyl (C=O) groups excluding carboxylic acids is 2. The van der Waals surface area contributed by atoms with Gasteiger partial charge in [0.15, 0.2) is 5.78 Å². The fourth-order valence-electron chi connectivity index (χ4n) is 1.42. The minimum Gasteiger partial charge on any atom is -0.350 e. The number of carbonyl (C=O) groups is 2. The summed E-state index contributed by atoms with van der Waals surface area (Å²) < 4.78 is 1.72. The van der Waals surface area contributed by atoms with E-state index < -0.39 is 0 Å². The Bertz CT molecular complexity index is 419. The van der Waals surface area contributed by atoms with Gasteiger partial charge < -0.3 is 9.88 Å². The first-order valence-electron chi connectivity index (χ1n) is 5.82. The molecule has 1 aromatic heterocycles. The van der Waals surface area contributed by atoms with E-state index in [1.165, 1.54) is 6.92 Å². The minimum atomic E-state index is -0.187. The molecule has 0 unspecified atom stereocenters. The Morgan fingerprint density at radius 2 is 2.06 bits per heavy atom. The van der Waals surface area contributed by atoms with Gasteiger partial charge in [0.2, 0.25) is 5.91 Å². The van der Waals surface area contributed by atoms with Crippen LogP contribution in [0.1, 0.15) is 44.5 Å². The number of hydrogen-bond donors (Lipinski definition) is 1. The quantitative estimate of drug-likeness (QED) is 0.795. The lowest BCUT2D eigenvalue weighted by Crippen LogP contribution is -2.44. The molecular weight excluding hydrogens is 216 g/mol. The Balaban J connectivity index is 2.59. The maximum absolute atomic E-state index is 11.7. The van der Waals surface area contributed by atoms with Crippen molar-refractivity contribution in [2.24, 2.45) is 0 Å². The fraction of sp³-hybridized carbons (Fsp3) is 0.538. The Kier molecular flexibility index (Phi) is 4.10. The largest absolute Gasteiger partial charge is 0.350 e. The van der Waals surface area contributed by atoms with Crippen LogP contribution >= 0.6 is 0 Å². The van der Waals surface area contributed by atoms with Gasteiger partial charge in [-0.3, -0.25) is 9.59 Å². The van der Waals surface area contributed by atoms with Crippen molar-refractivity contribution in [1.29, 1.82) is 0 Å². The second-order valence-electron chi connectivity index (χ2n) is 4.91. The van der Waals surface area contributed by atoms with Crippen molar-refractivity contribution >= 4 is 11.7 Å². The van der Waals surface area contributed by atoms with E-state index in [1.807, 2.05) is 20.8 Å². The molecule has 1 rings (SSSR count). The fourth-order valence-corrected chi connectivity index (χ4v) is 1.42. The van der Waals surface area contributed by atoms with Crippen LogP contribution in [-0.4, -0.2) is 21.8 Å². The predicted molar refractivity (Wildman–Crippen MR) is 66.9 cm³/mol. The molecule has 1 aromatic rings. The molecule has 0 aromatic carbocycles. The van der Waals surface area contributed by atoms with Crippen LogP contribution in [0.25, 0.3) is 0 Å². The molecule has 4 nitrogen and oxygen atoms in total. The summed E-state index contributed by atoms with van der Waals surface area (Å²) in [5, 5.41) is 2.95. The Labute approximate surface area is 102 Å². The molecule has 94 valence electrons. The Morgan fingerprint density at radius 3 is 2.53 bits per heavy atom. The molecule has 1 N–H and O–H groups in total. The zero-order chi connectivity index (χ0) is 13.1. The van der Waals surface area contributed by atoms with E-state index in [0.717, 1.165) is 6.42 Å². The first-order valence-corrected chi connectivity index (χ1v) is 5.82. The van der Waals surface area contributed by atoms with Crippen LogP contribution < -0.4 is 5.32 Å². The topological polar surface area (TPSA) is 51.1 Å². The number of amides is 1. The number of rotatable bonds is 5. The van der Waals surface area contributed by atoms with Crippen molar-refractivity contribution in [2.45, 2.75) is 46.2 Å². The summed E-state index contributed by atoms with van der Waals surface area (Å²) in [4.78, 5) is 22.9. The van der Waals surface area contributed by atoms with Gasteiger partial charge in [-0.25, -0.2) is 0 Å². The minimum absolute atomic E-state index is 0.0121. The van der Waals surface area contributed by atoms with E-state index in [9.17, 15) is 9.59 Å². The number of nitrogens with one attached hydrogen (secondary N) is 1. The zero-order valence-electron chi connectivity index (χ0n) is 10.9. The number of hydrogen-bond acceptors (Lipinski definition) is 2. The van der Waals surface area contributed by atoms with Gasteiger partial charge in [-0.1, -0.05) is 6.92 Å². The lowest BCUT2D eigenvalue weighted by molar-refractivity contribution is -0.123. The van der Waals surface area contributed by atoms with Crippen molar-refractivity contribution < 1.29 is 9.59 Å². The third kappa shape index (κ3) is 4.06. The maximum Gasteiger partial charge on any atom is 0.240 e. The van der Waals surface area contributed by atoms with Crippen LogP contribution in [0.5, 0.6) is 0 Å². The number of ketones is 1. The van der Waals surface area contributed by atoms with Gasteiger partial charge in [-0.2, -0.15) is 0 Å². The van der Waals surface area contributed by atoms with Crippen LogP contribution in [-0.2, 0) is 11.3 Å². The van der Waals surface area contributed by atoms with Gasteiger partial charge in [-0.05, 0) is 33.3 Å². The summed E-state index contributed by atoms with van der Waals surface area (Å²) >= 11 is 0. The molecule has 0 aliphatic heterocycles. The van der Waals surface area contributed by atoms with Crippen LogP contribution in [0.3, 0.4) is 0 Å². The van der Waals surface area contributed by atoms with Crippen molar-refractivity contribution in [2.75, 3.05) is 0 Å². The highest BCUT2D eigenvalue weighted by Gasteiger charge is 2.17. The van der Waals surface area contributed by atoms with Crippen LogP contribution in [0.4, 0.5) is 0 Å². The molecule has 0 fully saturated rings. The molecule has 0 spiro atoms. The van der Waals surface area contributed by atoms with Crippen LogP contribution in [0, 0.1) is 0 Å². The smallest absolute Gasteiger partial charge is 0.240 e. The summed E-state index contributed by atoms with van der Waals surface area (Å²) in [7, 11) is 0. The molecule has 1 heterocycles. The average Bonchev–Trinajstić information content (AvgIpc) is 2.65. The molecule has 4 heteroatoms. The van der Waals surface area contributed by atoms with Gasteiger partial charge in [0.1, 0.15) is 6.54 Å². The zero-order valence-corrected chi connectivity index (χ0v) is 10.9. The summed E-state index contributed by atoms with van der Waals surface area (Å²) in [6.07, 6.45) is 4.32. The van der Waals surface area contributed by atoms with E-state index in [1.54, 1.807) is 23.0 Å². The molecule has 0 radical (unpaired) electrons. The van der Waals surface area contributed by atoms with Crippen molar-refractivity contribution in [3.8, 4) is 0 Å². The summed E-state index contributed by atoms with van der Waals surface area (Å²) in [5.41, 5.74) is 0.445. The highest BCUT2D eigenvalue weighted by atomic mass is 16.2. The third-order valence-corrected chi connectivity index (χ3v) is 2.84. The summed E-state index contributed by atoms with van der Waals surface area (Å²) in [6, 6.07) is 1.72. The normalized spacial score (nSPS) is 11.3. The molecular formula is C13H20N2O2. The number of aromatic nitrogens is 1. The van der Waals surface area contributed by atoms with Gasteiger partial charge in [0.05, 0.1) is 0 Å². The molecule has 0 atom stereocenters. The lowest BCUT2D eigenvalue weighted by Gasteiger charge is -2.24. The standard InChI is InChI=1S/C13H20N2O2/c1-5-13(3,4)14-12(17)9-15-7-6-11(8-15)10(2)16/h6-8H,5,9H2,1-4H3,(H,14,17). The Morgan fingerprint density at radius 1 is 1.41 bits per heavy atom. The molecule has 0 saturated heterocycles. The monoisotopic (exact) mass is 236 g/mol. The predicted octanol–water partition coefficient (Wildman–Crippen LogP) is 2.00. The maximum atomic E-state index is 11.7. The molecule has 1 amide bonds. The van der Waals surface area contributed by atoms with E-state index in [-0.39, 0.29) is 23.8 Å². The van der Waals surface area contributed by atoms with Gasteiger partial charge in [0, 0.05) is 23.5 Å². The van der Waals surface area contributed by atoms with Gasteiger partial charge >= 0.3 is 0 Å². The first-order chi connectivity index (χ1) is 7.84. The van der Waals surface area contributed by atoms with Gasteiger partial charge in [0.25, 0.3) is 0 Å². The van der Waals surface area contributed by atoms with E-state index in [4.69, 9.17) is 0 Å². The van der Waals surface area contributed by atoms with Crippen LogP contribution in [0.15, 0.2) is 18.5 Å². The van der Waals surface area contributed by atoms with E-state index >= 15 is 0 Å². The molecule has 0 bridgehead atoms. The number of nitrogens with zero attached hydrogens (tertiary/aromatic N) is 1. The summed E-state index contributed by atoms with van der Waals surface area (Å²) in [5.74, 6) is -0.0272. The third-order valence-electron chi connectivity index (χ3n) is 2.84. The second-order valence-corrected chi connectivity index (χ2v) is 4.91. The number of Topliss-reactive ketones (excluding diaryl/α,β-unsaturated/α-hetero) is 1. The van der Waals surface area contributed by atoms with E-state index in [0.29, 0.717) is 5.56 Å². The highest BCUT2D eigenvalue weighted by molar-refractivity contribution is 5.93. The summed E-state index contributed by atoms with van der Waals surface area (Å²) in [6.45, 7) is 7.77. The van der Waals surface area contributed by atoms with Crippen molar-refractivity contribution in [1.82, 2.24) is 9.88 Å². The highest BCUT2D eigenvalue weighted by Crippen LogP contribution is 2.07. The Hall–Kier alpha value is -1.58. The lowest BCUT2D eigenvalue weighted by atomic mass is 10.0. The van der Waals surface area contributed by atoms with Gasteiger partial charge in [-0.15, -0.1) is 0 Å². The van der Waals surface area contributed by atoms with Crippen molar-refractivity contribution in [3.63, 3.8) is 0 Å². The molecule has 0 aliphatic carbocycles. The van der Waals surface area contributed by atoms with Crippen molar-refractivity contribution in [3.05, 3.63) is 24.0 Å². The SMILES string of the molecule is CCC(C)(C)NC(=O)Cn1ccc(C(C)=O)c1. The molecule has 17 heavy (non-hydrogen) atoms. The average molecular weight is 236 g/mol. The molecule has 0 saturated carbocycles.